The second-order valence-electron chi connectivity index (χ2n) is 5.04. The second-order valence-corrected chi connectivity index (χ2v) is 6.52. The Kier molecular flexibility index (Phi) is 5.65. The van der Waals surface area contributed by atoms with Gasteiger partial charge in [-0.25, -0.2) is 18.4 Å². The van der Waals surface area contributed by atoms with Crippen LogP contribution in [0, 0.1) is 0 Å². The zero-order valence-electron chi connectivity index (χ0n) is 14.8. The number of aromatic nitrogens is 3. The molecule has 5 N–H and O–H groups in total. The van der Waals surface area contributed by atoms with Crippen LogP contribution in [0.5, 0.6) is 17.6 Å². The highest BCUT2D eigenvalue weighted by Crippen LogP contribution is 2.36. The van der Waals surface area contributed by atoms with E-state index in [1.54, 1.807) is 0 Å². The summed E-state index contributed by atoms with van der Waals surface area (Å²) in [5.41, 5.74) is 3.14. The Hall–Kier alpha value is -3.52. The van der Waals surface area contributed by atoms with Crippen molar-refractivity contribution in [3.63, 3.8) is 0 Å². The number of ether oxygens (including phenoxy) is 3. The largest absolute Gasteiger partial charge is 0.481 e. The summed E-state index contributed by atoms with van der Waals surface area (Å²) >= 11 is 0. The lowest BCUT2D eigenvalue weighted by Gasteiger charge is -2.16. The van der Waals surface area contributed by atoms with Crippen LogP contribution in [0.25, 0.3) is 11.4 Å². The molecule has 0 atom stereocenters. The van der Waals surface area contributed by atoms with E-state index in [1.165, 1.54) is 20.3 Å². The van der Waals surface area contributed by atoms with Gasteiger partial charge in [0.25, 0.3) is 15.9 Å². The fourth-order valence-electron chi connectivity index (χ4n) is 2.27. The molecule has 0 bridgehead atoms. The molecule has 0 unspecified atom stereocenters. The normalized spacial score (nSPS) is 11.0. The molecule has 0 aliphatic rings. The minimum atomic E-state index is -4.66. The van der Waals surface area contributed by atoms with Crippen LogP contribution in [0.2, 0.25) is 0 Å². The third-order valence-electron chi connectivity index (χ3n) is 3.37. The summed E-state index contributed by atoms with van der Waals surface area (Å²) in [6, 6.07) is 1.31. The Morgan fingerprint density at radius 2 is 1.54 bits per heavy atom. The van der Waals surface area contributed by atoms with Crippen LogP contribution in [-0.4, -0.2) is 61.7 Å². The van der Waals surface area contributed by atoms with Gasteiger partial charge >= 0.3 is 5.97 Å². The van der Waals surface area contributed by atoms with Crippen LogP contribution < -0.4 is 25.1 Å². The smallest absolute Gasteiger partial charge is 0.339 e. The van der Waals surface area contributed by atoms with Crippen molar-refractivity contribution in [2.45, 2.75) is 5.03 Å². The average molecular weight is 413 g/mol. The van der Waals surface area contributed by atoms with E-state index in [1.807, 2.05) is 0 Å². The van der Waals surface area contributed by atoms with Gasteiger partial charge in [-0.2, -0.15) is 15.0 Å². The predicted molar refractivity (Wildman–Crippen MR) is 91.8 cm³/mol. The lowest BCUT2D eigenvalue weighted by Crippen LogP contribution is -2.25. The number of primary amides is 1. The SMILES string of the molecule is COc1cc(OC)nc(-c2c(OC)nc(S(N)(=O)=O)c(C(=O)O)c2C(N)=O)n1. The summed E-state index contributed by atoms with van der Waals surface area (Å²) in [6.45, 7) is 0. The Bertz CT molecular complexity index is 1050. The van der Waals surface area contributed by atoms with Crippen LogP contribution in [0.15, 0.2) is 11.1 Å². The van der Waals surface area contributed by atoms with E-state index in [0.717, 1.165) is 7.11 Å². The maximum absolute atomic E-state index is 12.1. The van der Waals surface area contributed by atoms with Crippen molar-refractivity contribution in [1.82, 2.24) is 15.0 Å². The number of aromatic carboxylic acids is 1. The van der Waals surface area contributed by atoms with E-state index in [0.29, 0.717) is 0 Å². The monoisotopic (exact) mass is 413 g/mol. The van der Waals surface area contributed by atoms with Gasteiger partial charge < -0.3 is 25.1 Å². The number of carbonyl (C=O) groups is 2. The summed E-state index contributed by atoms with van der Waals surface area (Å²) in [5, 5.41) is 13.4. The number of rotatable bonds is 7. The van der Waals surface area contributed by atoms with Crippen molar-refractivity contribution in [2.75, 3.05) is 21.3 Å². The van der Waals surface area contributed by atoms with Crippen LogP contribution in [0.1, 0.15) is 20.7 Å². The molecule has 14 heteroatoms. The number of sulfonamides is 1. The predicted octanol–water partition coefficient (Wildman–Crippen LogP) is -0.991. The van der Waals surface area contributed by atoms with Gasteiger partial charge in [-0.15, -0.1) is 0 Å². The maximum Gasteiger partial charge on any atom is 0.339 e. The summed E-state index contributed by atoms with van der Waals surface area (Å²) in [5.74, 6) is -3.94. The molecule has 2 aromatic rings. The highest BCUT2D eigenvalue weighted by molar-refractivity contribution is 7.89. The number of amides is 1. The van der Waals surface area contributed by atoms with Crippen molar-refractivity contribution in [2.24, 2.45) is 10.9 Å². The van der Waals surface area contributed by atoms with Gasteiger partial charge in [-0.3, -0.25) is 4.79 Å². The first-order valence-electron chi connectivity index (χ1n) is 7.20. The second kappa shape index (κ2) is 7.61. The van der Waals surface area contributed by atoms with Crippen LogP contribution in [0.3, 0.4) is 0 Å². The van der Waals surface area contributed by atoms with Gasteiger partial charge in [-0.1, -0.05) is 0 Å². The van der Waals surface area contributed by atoms with Gasteiger partial charge in [-0.05, 0) is 0 Å². The molecule has 28 heavy (non-hydrogen) atoms. The Labute approximate surface area is 158 Å². The zero-order chi connectivity index (χ0) is 21.2. The Balaban J connectivity index is 3.10. The molecule has 2 heterocycles. The molecule has 0 fully saturated rings. The number of pyridine rings is 1. The van der Waals surface area contributed by atoms with Crippen LogP contribution >= 0.6 is 0 Å². The lowest BCUT2D eigenvalue weighted by atomic mass is 10.0. The number of hydrogen-bond acceptors (Lipinski definition) is 10. The molecule has 0 aromatic carbocycles. The van der Waals surface area contributed by atoms with Crippen molar-refractivity contribution < 1.29 is 37.3 Å². The molecule has 2 rings (SSSR count). The van der Waals surface area contributed by atoms with Crippen LogP contribution in [0.4, 0.5) is 0 Å². The first-order valence-corrected chi connectivity index (χ1v) is 8.75. The molecule has 1 amide bonds. The van der Waals surface area contributed by atoms with Gasteiger partial charge in [0.15, 0.2) is 10.9 Å². The molecule has 0 spiro atoms. The summed E-state index contributed by atoms with van der Waals surface area (Å²) in [4.78, 5) is 35.5. The van der Waals surface area contributed by atoms with Crippen molar-refractivity contribution in [1.29, 1.82) is 0 Å². The van der Waals surface area contributed by atoms with Gasteiger partial charge in [0.05, 0.1) is 38.5 Å². The fraction of sp³-hybridized carbons (Fsp3) is 0.214. The fourth-order valence-corrected chi connectivity index (χ4v) is 2.96. The summed E-state index contributed by atoms with van der Waals surface area (Å²) in [7, 11) is -0.974. The quantitative estimate of drug-likeness (QED) is 0.502. The lowest BCUT2D eigenvalue weighted by molar-refractivity contribution is 0.0686. The first kappa shape index (κ1) is 20.8. The number of primary sulfonamides is 1. The number of carbonyl (C=O) groups excluding carboxylic acids is 1. The molecule has 0 saturated carbocycles. The van der Waals surface area contributed by atoms with E-state index in [2.05, 4.69) is 15.0 Å². The zero-order valence-corrected chi connectivity index (χ0v) is 15.6. The van der Waals surface area contributed by atoms with E-state index in [9.17, 15) is 23.1 Å². The summed E-state index contributed by atoms with van der Waals surface area (Å²) in [6.07, 6.45) is 0. The van der Waals surface area contributed by atoms with E-state index in [-0.39, 0.29) is 23.1 Å². The Morgan fingerprint density at radius 3 is 1.89 bits per heavy atom. The third-order valence-corrected chi connectivity index (χ3v) is 4.21. The number of methoxy groups -OCH3 is 3. The topological polar surface area (TPSA) is 207 Å². The Morgan fingerprint density at radius 1 is 1.00 bits per heavy atom. The highest BCUT2D eigenvalue weighted by Gasteiger charge is 2.34. The average Bonchev–Trinajstić information content (AvgIpc) is 2.64. The number of nitrogens with zero attached hydrogens (tertiary/aromatic N) is 3. The first-order chi connectivity index (χ1) is 13.0. The third kappa shape index (κ3) is 3.77. The van der Waals surface area contributed by atoms with E-state index in [4.69, 9.17) is 25.1 Å². The minimum Gasteiger partial charge on any atom is -0.481 e. The molecule has 2 aromatic heterocycles. The van der Waals surface area contributed by atoms with Crippen LogP contribution in [-0.2, 0) is 10.0 Å². The van der Waals surface area contributed by atoms with Gasteiger partial charge in [0, 0.05) is 0 Å². The molecule has 0 saturated heterocycles. The van der Waals surface area contributed by atoms with E-state index < -0.39 is 43.9 Å². The molecular weight excluding hydrogens is 398 g/mol. The molecule has 0 aliphatic carbocycles. The number of nitrogens with two attached hydrogens (primary N) is 2. The number of carboxylic acid groups (broad SMARTS) is 1. The van der Waals surface area contributed by atoms with E-state index >= 15 is 0 Å². The maximum atomic E-state index is 12.1. The number of carboxylic acids is 1. The highest BCUT2D eigenvalue weighted by atomic mass is 32.2. The van der Waals surface area contributed by atoms with Crippen molar-refractivity contribution >= 4 is 21.9 Å². The molecule has 150 valence electrons. The molecular formula is C14H15N5O8S. The summed E-state index contributed by atoms with van der Waals surface area (Å²) < 4.78 is 38.7. The number of hydrogen-bond donors (Lipinski definition) is 3. The molecule has 0 radical (unpaired) electrons. The molecule has 0 aliphatic heterocycles. The molecule has 13 nitrogen and oxygen atoms in total. The van der Waals surface area contributed by atoms with Gasteiger partial charge in [0.2, 0.25) is 17.6 Å². The van der Waals surface area contributed by atoms with Crippen molar-refractivity contribution in [3.8, 4) is 29.0 Å². The van der Waals surface area contributed by atoms with Gasteiger partial charge in [0.1, 0.15) is 5.56 Å². The van der Waals surface area contributed by atoms with Crippen molar-refractivity contribution in [3.05, 3.63) is 17.2 Å². The standard InChI is InChI=1S/C14H15N5O8S/c1-25-5-4-6(26-2)18-11(17-5)8-7(10(15)20)9(14(21)22)13(28(16,23)24)19-12(8)27-3/h4H,1-3H3,(H2,15,20)(H,21,22)(H2,16,23,24). The minimum absolute atomic E-state index is 0.00767.